The summed E-state index contributed by atoms with van der Waals surface area (Å²) >= 11 is 0. The SMILES string of the molecule is CN(C)CCN=C1Nc2ccc3c(c2[NH+]([O-])N1)CCCO3. The van der Waals surface area contributed by atoms with Crippen molar-refractivity contribution in [3.8, 4) is 5.75 Å². The molecule has 21 heavy (non-hydrogen) atoms. The lowest BCUT2D eigenvalue weighted by Gasteiger charge is -2.33. The highest BCUT2D eigenvalue weighted by molar-refractivity contribution is 5.97. The fourth-order valence-electron chi connectivity index (χ4n) is 2.58. The number of hydrogen-bond donors (Lipinski definition) is 3. The molecule has 0 aliphatic carbocycles. The number of hydrogen-bond acceptors (Lipinski definition) is 4. The normalized spacial score (nSPS) is 22.1. The van der Waals surface area contributed by atoms with Crippen molar-refractivity contribution < 1.29 is 9.91 Å². The summed E-state index contributed by atoms with van der Waals surface area (Å²) in [7, 11) is 3.99. The zero-order valence-corrected chi connectivity index (χ0v) is 12.4. The van der Waals surface area contributed by atoms with E-state index in [1.807, 2.05) is 26.2 Å². The van der Waals surface area contributed by atoms with Crippen LogP contribution in [0.1, 0.15) is 12.0 Å². The molecule has 3 N–H and O–H groups in total. The van der Waals surface area contributed by atoms with Crippen molar-refractivity contribution in [3.05, 3.63) is 22.9 Å². The number of benzene rings is 1. The highest BCUT2D eigenvalue weighted by atomic mass is 16.5. The Morgan fingerprint density at radius 2 is 2.29 bits per heavy atom. The average Bonchev–Trinajstić information content (AvgIpc) is 2.46. The summed E-state index contributed by atoms with van der Waals surface area (Å²) in [6, 6.07) is 3.82. The number of fused-ring (bicyclic) bond motifs is 3. The van der Waals surface area contributed by atoms with E-state index >= 15 is 0 Å². The highest BCUT2D eigenvalue weighted by Crippen LogP contribution is 2.35. The van der Waals surface area contributed by atoms with Gasteiger partial charge in [-0.05, 0) is 39.1 Å². The Hall–Kier alpha value is -1.83. The highest BCUT2D eigenvalue weighted by Gasteiger charge is 2.27. The van der Waals surface area contributed by atoms with Crippen molar-refractivity contribution in [2.75, 3.05) is 39.1 Å². The van der Waals surface area contributed by atoms with Crippen LogP contribution >= 0.6 is 0 Å². The number of rotatable bonds is 3. The molecule has 114 valence electrons. The van der Waals surface area contributed by atoms with Crippen molar-refractivity contribution in [1.29, 1.82) is 0 Å². The van der Waals surface area contributed by atoms with Gasteiger partial charge in [-0.3, -0.25) is 0 Å². The molecule has 1 atom stereocenters. The molecule has 0 saturated heterocycles. The fraction of sp³-hybridized carbons (Fsp3) is 0.500. The predicted molar refractivity (Wildman–Crippen MR) is 81.9 cm³/mol. The first-order valence-electron chi connectivity index (χ1n) is 7.21. The maximum absolute atomic E-state index is 12.4. The third-order valence-corrected chi connectivity index (χ3v) is 3.63. The molecular weight excluding hydrogens is 270 g/mol. The second-order valence-corrected chi connectivity index (χ2v) is 5.53. The van der Waals surface area contributed by atoms with Crippen molar-refractivity contribution in [3.63, 3.8) is 0 Å². The van der Waals surface area contributed by atoms with Gasteiger partial charge in [-0.15, -0.1) is 0 Å². The molecule has 1 aromatic rings. The minimum atomic E-state index is -0.102. The monoisotopic (exact) mass is 291 g/mol. The van der Waals surface area contributed by atoms with Gasteiger partial charge in [0.1, 0.15) is 11.4 Å². The minimum absolute atomic E-state index is 0.102. The smallest absolute Gasteiger partial charge is 0.243 e. The van der Waals surface area contributed by atoms with Gasteiger partial charge in [0.25, 0.3) is 0 Å². The Bertz CT molecular complexity index is 559. The summed E-state index contributed by atoms with van der Waals surface area (Å²) in [5.41, 5.74) is 5.32. The number of nitrogens with zero attached hydrogens (tertiary/aromatic N) is 2. The maximum atomic E-state index is 12.4. The van der Waals surface area contributed by atoms with Gasteiger partial charge in [0.05, 0.1) is 18.7 Å². The van der Waals surface area contributed by atoms with Crippen LogP contribution in [-0.2, 0) is 6.42 Å². The molecular formula is C14H21N5O2. The lowest BCUT2D eigenvalue weighted by atomic mass is 10.0. The Morgan fingerprint density at radius 3 is 3.10 bits per heavy atom. The quantitative estimate of drug-likeness (QED) is 0.677. The summed E-state index contributed by atoms with van der Waals surface area (Å²) < 4.78 is 5.61. The first-order chi connectivity index (χ1) is 10.1. The Morgan fingerprint density at radius 1 is 1.43 bits per heavy atom. The molecule has 0 amide bonds. The number of quaternary nitrogens is 1. The van der Waals surface area contributed by atoms with E-state index in [0.29, 0.717) is 18.2 Å². The topological polar surface area (TPSA) is 76.4 Å². The van der Waals surface area contributed by atoms with Gasteiger partial charge in [-0.2, -0.15) is 5.43 Å². The summed E-state index contributed by atoms with van der Waals surface area (Å²) in [5.74, 6) is 1.34. The Balaban J connectivity index is 1.83. The van der Waals surface area contributed by atoms with Gasteiger partial charge in [0.2, 0.25) is 5.96 Å². The Kier molecular flexibility index (Phi) is 3.96. The second-order valence-electron chi connectivity index (χ2n) is 5.53. The lowest BCUT2D eigenvalue weighted by molar-refractivity contribution is -0.816. The van der Waals surface area contributed by atoms with E-state index in [1.54, 1.807) is 0 Å². The van der Waals surface area contributed by atoms with Crippen LogP contribution in [0.3, 0.4) is 0 Å². The molecule has 7 nitrogen and oxygen atoms in total. The summed E-state index contributed by atoms with van der Waals surface area (Å²) in [5, 5.41) is 15.5. The van der Waals surface area contributed by atoms with Crippen LogP contribution in [-0.4, -0.2) is 44.7 Å². The van der Waals surface area contributed by atoms with Crippen LogP contribution < -0.4 is 20.7 Å². The lowest BCUT2D eigenvalue weighted by Crippen LogP contribution is -3.12. The Labute approximate surface area is 124 Å². The fourth-order valence-corrected chi connectivity index (χ4v) is 2.58. The third kappa shape index (κ3) is 2.94. The molecule has 2 aliphatic heterocycles. The molecule has 0 radical (unpaired) electrons. The number of guanidine groups is 1. The summed E-state index contributed by atoms with van der Waals surface area (Å²) in [4.78, 5) is 6.44. The maximum Gasteiger partial charge on any atom is 0.243 e. The number of nitrogens with one attached hydrogen (secondary N) is 3. The van der Waals surface area contributed by atoms with Crippen LogP contribution in [0, 0.1) is 5.21 Å². The van der Waals surface area contributed by atoms with Crippen LogP contribution in [0.25, 0.3) is 0 Å². The van der Waals surface area contributed by atoms with Crippen LogP contribution in [0.4, 0.5) is 11.4 Å². The van der Waals surface area contributed by atoms with Crippen molar-refractivity contribution >= 4 is 17.3 Å². The van der Waals surface area contributed by atoms with Crippen LogP contribution in [0.5, 0.6) is 5.75 Å². The number of anilines is 1. The molecule has 2 aliphatic rings. The zero-order valence-electron chi connectivity index (χ0n) is 12.4. The van der Waals surface area contributed by atoms with Crippen LogP contribution in [0.2, 0.25) is 0 Å². The van der Waals surface area contributed by atoms with Gasteiger partial charge in [-0.25, -0.2) is 10.2 Å². The molecule has 1 unspecified atom stereocenters. The first-order valence-corrected chi connectivity index (χ1v) is 7.21. The van der Waals surface area contributed by atoms with Crippen molar-refractivity contribution in [1.82, 2.24) is 10.3 Å². The summed E-state index contributed by atoms with van der Waals surface area (Å²) in [6.45, 7) is 2.20. The molecule has 3 rings (SSSR count). The van der Waals surface area contributed by atoms with Gasteiger partial charge in [-0.1, -0.05) is 0 Å². The van der Waals surface area contributed by atoms with Gasteiger partial charge in [0.15, 0.2) is 5.69 Å². The molecule has 0 saturated carbocycles. The van der Waals surface area contributed by atoms with E-state index in [2.05, 4.69) is 20.6 Å². The van der Waals surface area contributed by atoms with E-state index in [0.717, 1.165) is 43.0 Å². The van der Waals surface area contributed by atoms with Crippen molar-refractivity contribution in [2.24, 2.45) is 4.99 Å². The molecule has 7 heteroatoms. The standard InChI is InChI=1S/C14H21N5O2/c1-18(2)8-7-15-14-16-11-5-6-12-10(4-3-9-21-12)13(11)19(20)17-14/h5-6,19H,3-4,7-9H2,1-2H3,(H2,15,16,17). The predicted octanol–water partition coefficient (Wildman–Crippen LogP) is -0.126. The zero-order chi connectivity index (χ0) is 14.8. The molecule has 2 heterocycles. The van der Waals surface area contributed by atoms with Gasteiger partial charge < -0.3 is 20.2 Å². The van der Waals surface area contributed by atoms with E-state index in [-0.39, 0.29) is 5.17 Å². The summed E-state index contributed by atoms with van der Waals surface area (Å²) in [6.07, 6.45) is 1.82. The number of ether oxygens (including phenoxy) is 1. The van der Waals surface area contributed by atoms with Gasteiger partial charge >= 0.3 is 0 Å². The van der Waals surface area contributed by atoms with E-state index in [1.165, 1.54) is 0 Å². The van der Waals surface area contributed by atoms with E-state index in [9.17, 15) is 5.21 Å². The largest absolute Gasteiger partial charge is 0.603 e. The average molecular weight is 291 g/mol. The van der Waals surface area contributed by atoms with E-state index < -0.39 is 0 Å². The minimum Gasteiger partial charge on any atom is -0.603 e. The van der Waals surface area contributed by atoms with Crippen LogP contribution in [0.15, 0.2) is 17.1 Å². The first kappa shape index (κ1) is 14.1. The molecule has 1 aromatic carbocycles. The number of aliphatic imine (C=N–C) groups is 1. The van der Waals surface area contributed by atoms with Gasteiger partial charge in [0, 0.05) is 6.54 Å². The van der Waals surface area contributed by atoms with E-state index in [4.69, 9.17) is 4.74 Å². The third-order valence-electron chi connectivity index (χ3n) is 3.63. The molecule has 0 spiro atoms. The number of likely N-dealkylation sites (N-methyl/N-ethyl adjacent to an activating group) is 1. The molecule has 0 bridgehead atoms. The molecule has 0 aromatic heterocycles. The second kappa shape index (κ2) is 5.88. The van der Waals surface area contributed by atoms with Crippen molar-refractivity contribution in [2.45, 2.75) is 12.8 Å². The molecule has 0 fully saturated rings.